The molecule has 3 unspecified atom stereocenters. The van der Waals surface area contributed by atoms with Gasteiger partial charge in [-0.3, -0.25) is 0 Å². The predicted molar refractivity (Wildman–Crippen MR) is 161 cm³/mol. The van der Waals surface area contributed by atoms with Crippen molar-refractivity contribution in [2.75, 3.05) is 6.61 Å². The first kappa shape index (κ1) is 28.1. The van der Waals surface area contributed by atoms with Crippen LogP contribution in [0.2, 0.25) is 0 Å². The molecule has 1 saturated carbocycles. The average molecular weight is 527 g/mol. The maximum Gasteiger partial charge on any atom is 0.494 e. The smallest absolute Gasteiger partial charge is 0.399 e. The van der Waals surface area contributed by atoms with Crippen molar-refractivity contribution in [2.24, 2.45) is 5.92 Å². The Bertz CT molecular complexity index is 1380. The van der Waals surface area contributed by atoms with Crippen LogP contribution in [0, 0.1) is 5.92 Å². The number of aliphatic hydroxyl groups excluding tert-OH is 2. The van der Waals surface area contributed by atoms with E-state index in [4.69, 9.17) is 9.31 Å². The van der Waals surface area contributed by atoms with Gasteiger partial charge in [-0.2, -0.15) is 0 Å². The lowest BCUT2D eigenvalue weighted by atomic mass is 9.62. The zero-order valence-corrected chi connectivity index (χ0v) is 24.4. The van der Waals surface area contributed by atoms with E-state index in [-0.39, 0.29) is 30.3 Å². The molecule has 0 bridgehead atoms. The third kappa shape index (κ3) is 5.11. The molecular weight excluding hydrogens is 483 g/mol. The normalized spacial score (nSPS) is 25.3. The van der Waals surface area contributed by atoms with Crippen molar-refractivity contribution < 1.29 is 19.5 Å². The molecule has 4 nitrogen and oxygen atoms in total. The molecule has 1 saturated heterocycles. The number of fused-ring (bicyclic) bond motifs is 1. The molecule has 5 heteroatoms. The van der Waals surface area contributed by atoms with E-state index in [1.54, 1.807) is 0 Å². The van der Waals surface area contributed by atoms with Crippen molar-refractivity contribution in [1.29, 1.82) is 0 Å². The van der Waals surface area contributed by atoms with Gasteiger partial charge in [-0.1, -0.05) is 74.5 Å². The number of hydrogen-bond donors (Lipinski definition) is 2. The van der Waals surface area contributed by atoms with Crippen molar-refractivity contribution >= 4 is 23.4 Å². The Morgan fingerprint density at radius 2 is 1.56 bits per heavy atom. The van der Waals surface area contributed by atoms with Crippen LogP contribution in [0.3, 0.4) is 0 Å². The second-order valence-corrected chi connectivity index (χ2v) is 13.0. The van der Waals surface area contributed by atoms with E-state index in [1.807, 2.05) is 6.07 Å². The minimum atomic E-state index is -0.895. The lowest BCUT2D eigenvalue weighted by Crippen LogP contribution is -2.41. The topological polar surface area (TPSA) is 58.9 Å². The molecule has 3 aromatic rings. The molecule has 1 aliphatic carbocycles. The van der Waals surface area contributed by atoms with Crippen molar-refractivity contribution in [3.63, 3.8) is 0 Å². The molecule has 0 spiro atoms. The molecule has 2 fully saturated rings. The Balaban J connectivity index is 1.53. The Morgan fingerprint density at radius 1 is 0.949 bits per heavy atom. The highest BCUT2D eigenvalue weighted by Crippen LogP contribution is 2.49. The van der Waals surface area contributed by atoms with Gasteiger partial charge >= 0.3 is 7.12 Å². The quantitative estimate of drug-likeness (QED) is 0.272. The van der Waals surface area contributed by atoms with Crippen LogP contribution in [0.5, 0.6) is 0 Å². The van der Waals surface area contributed by atoms with Crippen LogP contribution in [0.25, 0.3) is 21.9 Å². The van der Waals surface area contributed by atoms with Crippen molar-refractivity contribution in [3.8, 4) is 11.1 Å². The van der Waals surface area contributed by atoms with Gasteiger partial charge in [0.2, 0.25) is 0 Å². The summed E-state index contributed by atoms with van der Waals surface area (Å²) in [7, 11) is -0.384. The van der Waals surface area contributed by atoms with Crippen LogP contribution in [0.1, 0.15) is 84.5 Å². The van der Waals surface area contributed by atoms with E-state index in [0.29, 0.717) is 5.92 Å². The molecule has 0 amide bonds. The van der Waals surface area contributed by atoms with Crippen LogP contribution in [0.4, 0.5) is 0 Å². The van der Waals surface area contributed by atoms with E-state index >= 15 is 0 Å². The van der Waals surface area contributed by atoms with Gasteiger partial charge in [0.15, 0.2) is 0 Å². The molecule has 39 heavy (non-hydrogen) atoms. The van der Waals surface area contributed by atoms with Gasteiger partial charge in [-0.25, -0.2) is 0 Å². The summed E-state index contributed by atoms with van der Waals surface area (Å²) in [6, 6.07) is 19.3. The second kappa shape index (κ2) is 10.2. The molecule has 2 aliphatic rings. The highest BCUT2D eigenvalue weighted by atomic mass is 16.7. The van der Waals surface area contributed by atoms with Gasteiger partial charge in [0, 0.05) is 0 Å². The lowest BCUT2D eigenvalue weighted by molar-refractivity contribution is 0.00578. The molecule has 0 aromatic heterocycles. The summed E-state index contributed by atoms with van der Waals surface area (Å²) in [5, 5.41) is 22.9. The van der Waals surface area contributed by atoms with Gasteiger partial charge in [0.1, 0.15) is 6.10 Å². The fourth-order valence-corrected chi connectivity index (χ4v) is 6.67. The molecule has 3 atom stereocenters. The third-order valence-electron chi connectivity index (χ3n) is 9.52. The second-order valence-electron chi connectivity index (χ2n) is 13.0. The van der Waals surface area contributed by atoms with E-state index < -0.39 is 6.10 Å². The molecule has 206 valence electrons. The highest BCUT2D eigenvalue weighted by molar-refractivity contribution is 6.62. The summed E-state index contributed by atoms with van der Waals surface area (Å²) >= 11 is 0. The van der Waals surface area contributed by atoms with Gasteiger partial charge in [-0.05, 0) is 109 Å². The third-order valence-corrected chi connectivity index (χ3v) is 9.52. The SMILES string of the molecule is C=C1CC(C)CC(CC)(c2cc(-c3ccc4cc(B5OC(C)(C)C(C)(C)O5)ccc4c3)ccc2C(O)CO)C1. The van der Waals surface area contributed by atoms with E-state index in [0.717, 1.165) is 64.2 Å². The summed E-state index contributed by atoms with van der Waals surface area (Å²) in [6.45, 7) is 16.9. The van der Waals surface area contributed by atoms with E-state index in [9.17, 15) is 10.2 Å². The highest BCUT2D eigenvalue weighted by Gasteiger charge is 2.51. The Labute approximate surface area is 234 Å². The Morgan fingerprint density at radius 3 is 2.21 bits per heavy atom. The predicted octanol–water partition coefficient (Wildman–Crippen LogP) is 6.86. The monoisotopic (exact) mass is 526 g/mol. The van der Waals surface area contributed by atoms with Gasteiger partial charge < -0.3 is 19.5 Å². The number of aliphatic hydroxyl groups is 2. The van der Waals surface area contributed by atoms with Gasteiger partial charge in [0.05, 0.1) is 17.8 Å². The minimum Gasteiger partial charge on any atom is -0.399 e. The van der Waals surface area contributed by atoms with Crippen LogP contribution in [-0.4, -0.2) is 35.1 Å². The van der Waals surface area contributed by atoms with Crippen LogP contribution >= 0.6 is 0 Å². The molecule has 0 radical (unpaired) electrons. The first-order valence-electron chi connectivity index (χ1n) is 14.4. The first-order valence-corrected chi connectivity index (χ1v) is 14.4. The maximum absolute atomic E-state index is 10.8. The van der Waals surface area contributed by atoms with Crippen molar-refractivity contribution in [1.82, 2.24) is 0 Å². The molecule has 2 N–H and O–H groups in total. The average Bonchev–Trinajstić information content (AvgIpc) is 3.13. The van der Waals surface area contributed by atoms with Crippen molar-refractivity contribution in [3.05, 3.63) is 77.9 Å². The fraction of sp³-hybridized carbons (Fsp3) is 0.471. The number of allylic oxidation sites excluding steroid dienone is 1. The zero-order valence-electron chi connectivity index (χ0n) is 24.4. The molecule has 5 rings (SSSR count). The van der Waals surface area contributed by atoms with Crippen LogP contribution in [0.15, 0.2) is 66.7 Å². The van der Waals surface area contributed by atoms with E-state index in [2.05, 4.69) is 96.7 Å². The molecular formula is C34H43BO4. The van der Waals surface area contributed by atoms with E-state index in [1.165, 1.54) is 5.57 Å². The maximum atomic E-state index is 10.8. The molecule has 3 aromatic carbocycles. The summed E-state index contributed by atoms with van der Waals surface area (Å²) < 4.78 is 12.5. The molecule has 1 heterocycles. The Hall–Kier alpha value is -2.44. The summed E-state index contributed by atoms with van der Waals surface area (Å²) in [5.41, 5.74) is 5.68. The molecule has 1 aliphatic heterocycles. The van der Waals surface area contributed by atoms with Crippen LogP contribution < -0.4 is 5.46 Å². The number of benzene rings is 3. The van der Waals surface area contributed by atoms with Gasteiger partial charge in [0.25, 0.3) is 0 Å². The van der Waals surface area contributed by atoms with Gasteiger partial charge in [-0.15, -0.1) is 0 Å². The number of hydrogen-bond acceptors (Lipinski definition) is 4. The van der Waals surface area contributed by atoms with Crippen molar-refractivity contribution in [2.45, 2.75) is 89.9 Å². The largest absolute Gasteiger partial charge is 0.494 e. The zero-order chi connectivity index (χ0) is 28.2. The minimum absolute atomic E-state index is 0.0924. The standard InChI is InChI=1S/C34H43BO4/c1-8-34(19-22(2)15-23(3)20-34)30-18-27(12-14-29(30)31(37)21-36)24-9-10-26-17-28(13-11-25(26)16-24)35-38-32(4,5)33(6,7)39-35/h9-14,16-18,23,31,36-37H,2,8,15,19-21H2,1,3-7H3. The fourth-order valence-electron chi connectivity index (χ4n) is 6.67. The Kier molecular flexibility index (Phi) is 7.35. The summed E-state index contributed by atoms with van der Waals surface area (Å²) in [5.74, 6) is 0.535. The summed E-state index contributed by atoms with van der Waals surface area (Å²) in [6.07, 6.45) is 3.09. The lowest BCUT2D eigenvalue weighted by Gasteiger charge is -2.43. The number of rotatable bonds is 6. The first-order chi connectivity index (χ1) is 18.4. The summed E-state index contributed by atoms with van der Waals surface area (Å²) in [4.78, 5) is 0. The van der Waals surface area contributed by atoms with Crippen LogP contribution in [-0.2, 0) is 14.7 Å².